The van der Waals surface area contributed by atoms with Crippen LogP contribution in [0.4, 0.5) is 5.13 Å². The van der Waals surface area contributed by atoms with Gasteiger partial charge in [0.1, 0.15) is 18.2 Å². The molecule has 5 heteroatoms. The number of anilines is 1. The fraction of sp³-hybridized carbons (Fsp3) is 0.429. The van der Waals surface area contributed by atoms with Crippen LogP contribution in [-0.4, -0.2) is 22.5 Å². The largest absolute Gasteiger partial charge is 0.492 e. The standard InChI is InChI=1S/C14H19N3OS/c1-10(2)13-16-14(19-17-13)15-7-8-18-12-6-4-5-11(3)9-12/h4-6,9-10H,7-8H2,1-3H3,(H,15,16,17). The first-order chi connectivity index (χ1) is 9.15. The van der Waals surface area contributed by atoms with E-state index in [0.29, 0.717) is 12.5 Å². The molecule has 0 amide bonds. The van der Waals surface area contributed by atoms with Crippen LogP contribution in [0.25, 0.3) is 0 Å². The normalized spacial score (nSPS) is 10.7. The smallest absolute Gasteiger partial charge is 0.202 e. The highest BCUT2D eigenvalue weighted by Gasteiger charge is 2.06. The van der Waals surface area contributed by atoms with Gasteiger partial charge in [-0.05, 0) is 24.6 Å². The van der Waals surface area contributed by atoms with Gasteiger partial charge in [-0.2, -0.15) is 4.37 Å². The van der Waals surface area contributed by atoms with E-state index in [1.54, 1.807) is 0 Å². The van der Waals surface area contributed by atoms with Gasteiger partial charge < -0.3 is 10.1 Å². The summed E-state index contributed by atoms with van der Waals surface area (Å²) in [6.07, 6.45) is 0. The van der Waals surface area contributed by atoms with Crippen LogP contribution in [0.2, 0.25) is 0 Å². The van der Waals surface area contributed by atoms with Crippen LogP contribution in [0.1, 0.15) is 31.2 Å². The van der Waals surface area contributed by atoms with Gasteiger partial charge in [0.2, 0.25) is 5.13 Å². The second-order valence-electron chi connectivity index (χ2n) is 4.70. The van der Waals surface area contributed by atoms with Gasteiger partial charge in [0.05, 0.1) is 6.54 Å². The van der Waals surface area contributed by atoms with Gasteiger partial charge >= 0.3 is 0 Å². The van der Waals surface area contributed by atoms with Gasteiger partial charge in [-0.15, -0.1) is 0 Å². The second-order valence-corrected chi connectivity index (χ2v) is 5.46. The summed E-state index contributed by atoms with van der Waals surface area (Å²) in [4.78, 5) is 4.41. The van der Waals surface area contributed by atoms with E-state index in [1.165, 1.54) is 17.1 Å². The SMILES string of the molecule is Cc1cccc(OCCNc2nc(C(C)C)ns2)c1. The van der Waals surface area contributed by atoms with Gasteiger partial charge in [-0.3, -0.25) is 0 Å². The van der Waals surface area contributed by atoms with Crippen LogP contribution in [0.5, 0.6) is 5.75 Å². The van der Waals surface area contributed by atoms with Crippen LogP contribution in [-0.2, 0) is 0 Å². The van der Waals surface area contributed by atoms with Crippen molar-refractivity contribution in [1.29, 1.82) is 0 Å². The minimum absolute atomic E-state index is 0.371. The quantitative estimate of drug-likeness (QED) is 0.821. The molecule has 0 unspecified atom stereocenters. The summed E-state index contributed by atoms with van der Waals surface area (Å²) < 4.78 is 9.95. The zero-order chi connectivity index (χ0) is 13.7. The topological polar surface area (TPSA) is 47.0 Å². The lowest BCUT2D eigenvalue weighted by Crippen LogP contribution is -2.11. The van der Waals surface area contributed by atoms with Gasteiger partial charge in [0.15, 0.2) is 0 Å². The number of rotatable bonds is 6. The lowest BCUT2D eigenvalue weighted by molar-refractivity contribution is 0.332. The van der Waals surface area contributed by atoms with E-state index in [-0.39, 0.29) is 0 Å². The van der Waals surface area contributed by atoms with E-state index in [1.807, 2.05) is 18.2 Å². The molecule has 0 atom stereocenters. The number of nitrogens with zero attached hydrogens (tertiary/aromatic N) is 2. The lowest BCUT2D eigenvalue weighted by Gasteiger charge is -2.07. The number of ether oxygens (including phenoxy) is 1. The first-order valence-corrected chi connectivity index (χ1v) is 7.19. The van der Waals surface area contributed by atoms with Gasteiger partial charge in [0, 0.05) is 17.5 Å². The molecule has 4 nitrogen and oxygen atoms in total. The predicted octanol–water partition coefficient (Wildman–Crippen LogP) is 3.46. The first-order valence-electron chi connectivity index (χ1n) is 6.42. The van der Waals surface area contributed by atoms with Crippen molar-refractivity contribution in [2.24, 2.45) is 0 Å². The average molecular weight is 277 g/mol. The third kappa shape index (κ3) is 4.21. The molecule has 0 aliphatic rings. The van der Waals surface area contributed by atoms with Crippen molar-refractivity contribution < 1.29 is 4.74 Å². The van der Waals surface area contributed by atoms with Crippen molar-refractivity contribution in [2.45, 2.75) is 26.7 Å². The summed E-state index contributed by atoms with van der Waals surface area (Å²) in [5.41, 5.74) is 1.20. The van der Waals surface area contributed by atoms with Crippen molar-refractivity contribution in [1.82, 2.24) is 9.36 Å². The van der Waals surface area contributed by atoms with Crippen molar-refractivity contribution >= 4 is 16.7 Å². The molecule has 0 aliphatic carbocycles. The summed E-state index contributed by atoms with van der Waals surface area (Å²) in [6, 6.07) is 8.05. The molecule has 0 fully saturated rings. The molecule has 19 heavy (non-hydrogen) atoms. The number of aryl methyl sites for hydroxylation is 1. The molecule has 1 heterocycles. The minimum atomic E-state index is 0.371. The molecule has 0 bridgehead atoms. The van der Waals surface area contributed by atoms with Crippen molar-refractivity contribution in [3.05, 3.63) is 35.7 Å². The Morgan fingerprint density at radius 1 is 1.37 bits per heavy atom. The number of hydrogen-bond donors (Lipinski definition) is 1. The summed E-state index contributed by atoms with van der Waals surface area (Å²) in [6.45, 7) is 7.57. The summed E-state index contributed by atoms with van der Waals surface area (Å²) in [5.74, 6) is 2.17. The first kappa shape index (κ1) is 13.8. The van der Waals surface area contributed by atoms with Crippen molar-refractivity contribution in [3.63, 3.8) is 0 Å². The van der Waals surface area contributed by atoms with Gasteiger partial charge in [-0.1, -0.05) is 26.0 Å². The fourth-order valence-corrected chi connectivity index (χ4v) is 2.31. The monoisotopic (exact) mass is 277 g/mol. The van der Waals surface area contributed by atoms with Crippen LogP contribution < -0.4 is 10.1 Å². The Hall–Kier alpha value is -1.62. The molecule has 0 spiro atoms. The predicted molar refractivity (Wildman–Crippen MR) is 79.2 cm³/mol. The van der Waals surface area contributed by atoms with Gasteiger partial charge in [-0.25, -0.2) is 4.98 Å². The third-order valence-corrected chi connectivity index (χ3v) is 3.28. The Kier molecular flexibility index (Phi) is 4.74. The van der Waals surface area contributed by atoms with E-state index in [2.05, 4.69) is 41.5 Å². The third-order valence-electron chi connectivity index (χ3n) is 2.59. The molecular formula is C14H19N3OS. The summed E-state index contributed by atoms with van der Waals surface area (Å²) in [7, 11) is 0. The zero-order valence-electron chi connectivity index (χ0n) is 11.5. The molecule has 2 rings (SSSR count). The molecule has 1 aromatic heterocycles. The van der Waals surface area contributed by atoms with E-state index in [0.717, 1.165) is 23.3 Å². The Labute approximate surface area is 118 Å². The number of hydrogen-bond acceptors (Lipinski definition) is 5. The Balaban J connectivity index is 1.74. The average Bonchev–Trinajstić information content (AvgIpc) is 2.84. The molecule has 1 N–H and O–H groups in total. The molecule has 0 aliphatic heterocycles. The molecule has 0 radical (unpaired) electrons. The van der Waals surface area contributed by atoms with Crippen molar-refractivity contribution in [2.75, 3.05) is 18.5 Å². The molecule has 0 saturated carbocycles. The summed E-state index contributed by atoms with van der Waals surface area (Å²) >= 11 is 1.40. The number of nitrogens with one attached hydrogen (secondary N) is 1. The summed E-state index contributed by atoms with van der Waals surface area (Å²) in [5, 5.41) is 4.08. The highest BCUT2D eigenvalue weighted by Crippen LogP contribution is 2.17. The van der Waals surface area contributed by atoms with Gasteiger partial charge in [0.25, 0.3) is 0 Å². The molecule has 102 valence electrons. The molecule has 2 aromatic rings. The van der Waals surface area contributed by atoms with Crippen LogP contribution in [0, 0.1) is 6.92 Å². The van der Waals surface area contributed by atoms with E-state index in [9.17, 15) is 0 Å². The maximum absolute atomic E-state index is 5.66. The number of aromatic nitrogens is 2. The highest BCUT2D eigenvalue weighted by molar-refractivity contribution is 7.09. The maximum atomic E-state index is 5.66. The number of benzene rings is 1. The maximum Gasteiger partial charge on any atom is 0.202 e. The zero-order valence-corrected chi connectivity index (χ0v) is 12.3. The lowest BCUT2D eigenvalue weighted by atomic mass is 10.2. The Morgan fingerprint density at radius 3 is 2.89 bits per heavy atom. The molecule has 0 saturated heterocycles. The van der Waals surface area contributed by atoms with Crippen LogP contribution in [0.3, 0.4) is 0 Å². The molecular weight excluding hydrogens is 258 g/mol. The van der Waals surface area contributed by atoms with E-state index < -0.39 is 0 Å². The van der Waals surface area contributed by atoms with Crippen LogP contribution in [0.15, 0.2) is 24.3 Å². The minimum Gasteiger partial charge on any atom is -0.492 e. The van der Waals surface area contributed by atoms with Crippen molar-refractivity contribution in [3.8, 4) is 5.75 Å². The van der Waals surface area contributed by atoms with E-state index in [4.69, 9.17) is 4.74 Å². The highest BCUT2D eigenvalue weighted by atomic mass is 32.1. The van der Waals surface area contributed by atoms with Crippen LogP contribution >= 0.6 is 11.5 Å². The molecule has 1 aromatic carbocycles. The Bertz CT molecular complexity index is 525. The Morgan fingerprint density at radius 2 is 2.21 bits per heavy atom. The van der Waals surface area contributed by atoms with E-state index >= 15 is 0 Å². The fourth-order valence-electron chi connectivity index (χ4n) is 1.57. The second kappa shape index (κ2) is 6.52.